The van der Waals surface area contributed by atoms with E-state index in [1.54, 1.807) is 31.2 Å². The zero-order chi connectivity index (χ0) is 17.7. The highest BCUT2D eigenvalue weighted by atomic mass is 32.2. The van der Waals surface area contributed by atoms with E-state index in [0.717, 1.165) is 29.9 Å². The quantitative estimate of drug-likeness (QED) is 0.808. The van der Waals surface area contributed by atoms with E-state index < -0.39 is 10.0 Å². The summed E-state index contributed by atoms with van der Waals surface area (Å²) in [7, 11) is 0.462. The molecule has 0 aliphatic carbocycles. The number of rotatable bonds is 7. The molecule has 130 valence electrons. The molecule has 2 rings (SSSR count). The van der Waals surface area contributed by atoms with Gasteiger partial charge >= 0.3 is 0 Å². The van der Waals surface area contributed by atoms with Crippen molar-refractivity contribution in [2.24, 2.45) is 0 Å². The molecule has 0 unspecified atom stereocenters. The van der Waals surface area contributed by atoms with E-state index in [1.807, 2.05) is 39.2 Å². The van der Waals surface area contributed by atoms with Crippen molar-refractivity contribution in [2.45, 2.75) is 18.7 Å². The Kier molecular flexibility index (Phi) is 5.85. The Bertz CT molecular complexity index is 784. The van der Waals surface area contributed by atoms with E-state index in [-0.39, 0.29) is 0 Å². The molecule has 6 heteroatoms. The summed E-state index contributed by atoms with van der Waals surface area (Å²) in [6, 6.07) is 12.6. The minimum absolute atomic E-state index is 0.307. The van der Waals surface area contributed by atoms with Gasteiger partial charge in [0.2, 0.25) is 0 Å². The number of hydrogen-bond acceptors (Lipinski definition) is 4. The van der Waals surface area contributed by atoms with Gasteiger partial charge in [0.25, 0.3) is 10.0 Å². The number of aryl methyl sites for hydroxylation is 2. The lowest BCUT2D eigenvalue weighted by Crippen LogP contribution is -2.20. The highest BCUT2D eigenvalue weighted by Crippen LogP contribution is 2.21. The second kappa shape index (κ2) is 7.68. The summed E-state index contributed by atoms with van der Waals surface area (Å²) in [5.41, 5.74) is 3.29. The van der Waals surface area contributed by atoms with Gasteiger partial charge < -0.3 is 10.2 Å². The minimum Gasteiger partial charge on any atom is -0.384 e. The fourth-order valence-electron chi connectivity index (χ4n) is 2.39. The predicted molar refractivity (Wildman–Crippen MR) is 100 cm³/mol. The van der Waals surface area contributed by atoms with E-state index in [9.17, 15) is 8.42 Å². The molecular formula is C18H25N3O2S. The van der Waals surface area contributed by atoms with Crippen molar-refractivity contribution in [3.63, 3.8) is 0 Å². The Hall–Kier alpha value is -2.05. The Morgan fingerprint density at radius 3 is 2.17 bits per heavy atom. The fourth-order valence-corrected chi connectivity index (χ4v) is 3.68. The van der Waals surface area contributed by atoms with Crippen molar-refractivity contribution in [1.29, 1.82) is 0 Å². The Morgan fingerprint density at radius 2 is 1.58 bits per heavy atom. The van der Waals surface area contributed by atoms with Crippen LogP contribution in [-0.4, -0.2) is 40.5 Å². The number of likely N-dealkylation sites (N-methyl/N-ethyl adjacent to an activating group) is 1. The van der Waals surface area contributed by atoms with E-state index in [2.05, 4.69) is 14.9 Å². The molecule has 0 aromatic heterocycles. The topological polar surface area (TPSA) is 61.4 Å². The number of benzene rings is 2. The molecule has 0 saturated carbocycles. The molecule has 0 heterocycles. The molecule has 2 aromatic carbocycles. The summed E-state index contributed by atoms with van der Waals surface area (Å²) in [5.74, 6) is 0. The Morgan fingerprint density at radius 1 is 0.958 bits per heavy atom. The maximum Gasteiger partial charge on any atom is 0.262 e. The zero-order valence-electron chi connectivity index (χ0n) is 14.6. The van der Waals surface area contributed by atoms with Gasteiger partial charge in [0.1, 0.15) is 0 Å². The maximum absolute atomic E-state index is 12.5. The van der Waals surface area contributed by atoms with Crippen LogP contribution in [0.15, 0.2) is 47.4 Å². The van der Waals surface area contributed by atoms with Gasteiger partial charge in [0.05, 0.1) is 4.90 Å². The van der Waals surface area contributed by atoms with Crippen molar-refractivity contribution in [3.8, 4) is 0 Å². The van der Waals surface area contributed by atoms with Gasteiger partial charge in [0.15, 0.2) is 0 Å². The molecule has 0 atom stereocenters. The largest absolute Gasteiger partial charge is 0.384 e. The molecule has 0 radical (unpaired) electrons. The standard InChI is InChI=1S/C18H25N3O2S/c1-14-5-10-18(15(2)13-14)24(22,23)20-17-8-6-16(7-9-17)19-11-12-21(3)4/h5-10,13,19-20H,11-12H2,1-4H3. The summed E-state index contributed by atoms with van der Waals surface area (Å²) < 4.78 is 27.7. The van der Waals surface area contributed by atoms with Crippen LogP contribution in [0.5, 0.6) is 0 Å². The van der Waals surface area contributed by atoms with Gasteiger partial charge in [-0.15, -0.1) is 0 Å². The van der Waals surface area contributed by atoms with E-state index >= 15 is 0 Å². The number of sulfonamides is 1. The van der Waals surface area contributed by atoms with Crippen molar-refractivity contribution in [2.75, 3.05) is 37.2 Å². The van der Waals surface area contributed by atoms with Gasteiger partial charge in [-0.1, -0.05) is 17.7 Å². The number of nitrogens with zero attached hydrogens (tertiary/aromatic N) is 1. The third kappa shape index (κ3) is 4.97. The highest BCUT2D eigenvalue weighted by Gasteiger charge is 2.16. The van der Waals surface area contributed by atoms with Crippen molar-refractivity contribution in [1.82, 2.24) is 4.90 Å². The second-order valence-corrected chi connectivity index (χ2v) is 7.83. The van der Waals surface area contributed by atoms with E-state index in [4.69, 9.17) is 0 Å². The normalized spacial score (nSPS) is 11.5. The molecule has 24 heavy (non-hydrogen) atoms. The van der Waals surface area contributed by atoms with Gasteiger partial charge in [-0.05, 0) is 63.8 Å². The molecule has 0 aliphatic heterocycles. The van der Waals surface area contributed by atoms with Gasteiger partial charge in [0, 0.05) is 24.5 Å². The monoisotopic (exact) mass is 347 g/mol. The summed E-state index contributed by atoms with van der Waals surface area (Å²) >= 11 is 0. The van der Waals surface area contributed by atoms with Crippen LogP contribution in [0.4, 0.5) is 11.4 Å². The smallest absolute Gasteiger partial charge is 0.262 e. The van der Waals surface area contributed by atoms with Gasteiger partial charge in [-0.3, -0.25) is 4.72 Å². The van der Waals surface area contributed by atoms with E-state index in [0.29, 0.717) is 10.6 Å². The lowest BCUT2D eigenvalue weighted by Gasteiger charge is -2.13. The molecule has 0 saturated heterocycles. The molecule has 0 amide bonds. The first-order chi connectivity index (χ1) is 11.3. The van der Waals surface area contributed by atoms with Gasteiger partial charge in [-0.2, -0.15) is 0 Å². The average Bonchev–Trinajstić information content (AvgIpc) is 2.48. The first-order valence-corrected chi connectivity index (χ1v) is 9.35. The lowest BCUT2D eigenvalue weighted by atomic mass is 10.2. The molecule has 0 spiro atoms. The molecule has 0 bridgehead atoms. The molecular weight excluding hydrogens is 322 g/mol. The average molecular weight is 347 g/mol. The summed E-state index contributed by atoms with van der Waals surface area (Å²) in [4.78, 5) is 2.40. The molecule has 0 aliphatic rings. The van der Waals surface area contributed by atoms with Crippen LogP contribution in [-0.2, 0) is 10.0 Å². The SMILES string of the molecule is Cc1ccc(S(=O)(=O)Nc2ccc(NCCN(C)C)cc2)c(C)c1. The zero-order valence-corrected chi connectivity index (χ0v) is 15.4. The molecule has 2 N–H and O–H groups in total. The third-order valence-electron chi connectivity index (χ3n) is 3.65. The summed E-state index contributed by atoms with van der Waals surface area (Å²) in [6.45, 7) is 5.51. The second-order valence-electron chi connectivity index (χ2n) is 6.18. The third-order valence-corrected chi connectivity index (χ3v) is 5.19. The molecule has 2 aromatic rings. The highest BCUT2D eigenvalue weighted by molar-refractivity contribution is 7.92. The first-order valence-electron chi connectivity index (χ1n) is 7.87. The predicted octanol–water partition coefficient (Wildman–Crippen LogP) is 3.08. The summed E-state index contributed by atoms with van der Waals surface area (Å²) in [5, 5.41) is 3.29. The molecule has 0 fully saturated rings. The van der Waals surface area contributed by atoms with Crippen LogP contribution in [0.2, 0.25) is 0 Å². The van der Waals surface area contributed by atoms with Crippen LogP contribution in [0, 0.1) is 13.8 Å². The van der Waals surface area contributed by atoms with Crippen molar-refractivity contribution in [3.05, 3.63) is 53.6 Å². The maximum atomic E-state index is 12.5. The summed E-state index contributed by atoms with van der Waals surface area (Å²) in [6.07, 6.45) is 0. The number of nitrogens with one attached hydrogen (secondary N) is 2. The van der Waals surface area contributed by atoms with E-state index in [1.165, 1.54) is 0 Å². The fraction of sp³-hybridized carbons (Fsp3) is 0.333. The lowest BCUT2D eigenvalue weighted by molar-refractivity contribution is 0.425. The number of hydrogen-bond donors (Lipinski definition) is 2. The Balaban J connectivity index is 2.07. The van der Waals surface area contributed by atoms with Crippen LogP contribution in [0.25, 0.3) is 0 Å². The van der Waals surface area contributed by atoms with Crippen LogP contribution >= 0.6 is 0 Å². The van der Waals surface area contributed by atoms with Crippen molar-refractivity contribution < 1.29 is 8.42 Å². The van der Waals surface area contributed by atoms with Crippen molar-refractivity contribution >= 4 is 21.4 Å². The first kappa shape index (κ1) is 18.3. The van der Waals surface area contributed by atoms with Gasteiger partial charge in [-0.25, -0.2) is 8.42 Å². The van der Waals surface area contributed by atoms with Crippen LogP contribution < -0.4 is 10.0 Å². The number of anilines is 2. The molecule has 5 nitrogen and oxygen atoms in total. The van der Waals surface area contributed by atoms with Crippen LogP contribution in [0.3, 0.4) is 0 Å². The Labute approximate surface area is 144 Å². The minimum atomic E-state index is -3.58. The van der Waals surface area contributed by atoms with Crippen LogP contribution in [0.1, 0.15) is 11.1 Å².